The minimum atomic E-state index is -4.99. The highest BCUT2D eigenvalue weighted by molar-refractivity contribution is 5.94. The largest absolute Gasteiger partial charge is 0.522 e. The highest BCUT2D eigenvalue weighted by Crippen LogP contribution is 2.31. The number of benzene rings is 2. The van der Waals surface area contributed by atoms with Gasteiger partial charge in [-0.15, -0.1) is 13.2 Å². The number of rotatable bonds is 6. The van der Waals surface area contributed by atoms with Crippen LogP contribution in [0.15, 0.2) is 57.7 Å². The first-order chi connectivity index (χ1) is 13.6. The number of halogens is 3. The number of carboxylic acids is 1. The van der Waals surface area contributed by atoms with Gasteiger partial charge in [0.15, 0.2) is 0 Å². The molecule has 0 saturated heterocycles. The number of hydrogen-bond donors (Lipinski definition) is 1. The molecule has 29 heavy (non-hydrogen) atoms. The van der Waals surface area contributed by atoms with E-state index in [1.165, 1.54) is 18.2 Å². The van der Waals surface area contributed by atoms with Gasteiger partial charge in [-0.2, -0.15) is 0 Å². The normalized spacial score (nSPS) is 12.7. The second-order valence-electron chi connectivity index (χ2n) is 6.15. The molecule has 1 unspecified atom stereocenters. The Morgan fingerprint density at radius 1 is 1.14 bits per heavy atom. The molecule has 2 aromatic carbocycles. The van der Waals surface area contributed by atoms with E-state index >= 15 is 0 Å². The molecule has 6 nitrogen and oxygen atoms in total. The lowest BCUT2D eigenvalue weighted by molar-refractivity contribution is -0.328. The van der Waals surface area contributed by atoms with E-state index in [1.54, 1.807) is 6.07 Å². The van der Waals surface area contributed by atoms with E-state index in [-0.39, 0.29) is 11.3 Å². The van der Waals surface area contributed by atoms with Crippen LogP contribution in [0.25, 0.3) is 22.1 Å². The lowest BCUT2D eigenvalue weighted by Gasteiger charge is -2.17. The summed E-state index contributed by atoms with van der Waals surface area (Å²) in [6, 6.07) is 12.9. The van der Waals surface area contributed by atoms with Gasteiger partial charge in [-0.05, 0) is 30.2 Å². The highest BCUT2D eigenvalue weighted by Gasteiger charge is 2.33. The summed E-state index contributed by atoms with van der Waals surface area (Å²) in [5.41, 5.74) is 1.81. The Bertz CT molecular complexity index is 1100. The van der Waals surface area contributed by atoms with Crippen LogP contribution in [-0.4, -0.2) is 30.1 Å². The van der Waals surface area contributed by atoms with E-state index in [9.17, 15) is 22.8 Å². The second kappa shape index (κ2) is 7.96. The summed E-state index contributed by atoms with van der Waals surface area (Å²) in [6.45, 7) is 0.648. The number of fused-ring (bicyclic) bond motifs is 1. The van der Waals surface area contributed by atoms with Crippen LogP contribution in [0, 0.1) is 6.92 Å². The van der Waals surface area contributed by atoms with Crippen molar-refractivity contribution in [3.63, 3.8) is 0 Å². The summed E-state index contributed by atoms with van der Waals surface area (Å²) in [5, 5.41) is 9.63. The van der Waals surface area contributed by atoms with Crippen LogP contribution in [0.2, 0.25) is 0 Å². The van der Waals surface area contributed by atoms with E-state index in [4.69, 9.17) is 14.3 Å². The summed E-state index contributed by atoms with van der Waals surface area (Å²) in [6.07, 6.45) is -6.89. The number of alkyl halides is 3. The third-order valence-electron chi connectivity index (χ3n) is 4.10. The first-order valence-corrected chi connectivity index (χ1v) is 8.38. The van der Waals surface area contributed by atoms with Gasteiger partial charge in [0, 0.05) is 23.1 Å². The monoisotopic (exact) mass is 408 g/mol. The first kappa shape index (κ1) is 20.4. The summed E-state index contributed by atoms with van der Waals surface area (Å²) in [4.78, 5) is 23.2. The van der Waals surface area contributed by atoms with E-state index in [0.717, 1.165) is 11.1 Å². The Morgan fingerprint density at radius 3 is 2.52 bits per heavy atom. The molecular formula is C20H15F3O6. The molecule has 0 spiro atoms. The van der Waals surface area contributed by atoms with Gasteiger partial charge < -0.3 is 14.3 Å². The fourth-order valence-electron chi connectivity index (χ4n) is 2.80. The van der Waals surface area contributed by atoms with E-state index in [0.29, 0.717) is 10.9 Å². The molecule has 0 amide bonds. The van der Waals surface area contributed by atoms with Crippen molar-refractivity contribution in [2.45, 2.75) is 19.4 Å². The molecule has 0 fully saturated rings. The molecule has 0 radical (unpaired) electrons. The zero-order chi connectivity index (χ0) is 21.2. The Kier molecular flexibility index (Phi) is 5.60. The van der Waals surface area contributed by atoms with Crippen molar-refractivity contribution in [1.82, 2.24) is 0 Å². The zero-order valence-corrected chi connectivity index (χ0v) is 15.0. The van der Waals surface area contributed by atoms with Crippen LogP contribution < -0.4 is 10.4 Å². The molecule has 3 rings (SSSR count). The van der Waals surface area contributed by atoms with E-state index in [2.05, 4.69) is 4.74 Å². The molecular weight excluding hydrogens is 393 g/mol. The number of aryl methyl sites for hydroxylation is 1. The maximum Gasteiger partial charge on any atom is 0.522 e. The molecule has 0 aliphatic rings. The summed E-state index contributed by atoms with van der Waals surface area (Å²) < 4.78 is 50.4. The smallest absolute Gasteiger partial charge is 0.478 e. The van der Waals surface area contributed by atoms with Crippen molar-refractivity contribution >= 4 is 16.9 Å². The fraction of sp³-hybridized carbons (Fsp3) is 0.200. The summed E-state index contributed by atoms with van der Waals surface area (Å²) >= 11 is 0. The van der Waals surface area contributed by atoms with Crippen molar-refractivity contribution in [2.24, 2.45) is 0 Å². The maximum atomic E-state index is 12.2. The van der Waals surface area contributed by atoms with Gasteiger partial charge in [0.2, 0.25) is 6.10 Å². The average molecular weight is 408 g/mol. The van der Waals surface area contributed by atoms with Crippen LogP contribution in [0.4, 0.5) is 13.2 Å². The zero-order valence-electron chi connectivity index (χ0n) is 15.0. The molecule has 1 N–H and O–H groups in total. The molecule has 1 aromatic heterocycles. The van der Waals surface area contributed by atoms with Gasteiger partial charge in [0.05, 0.1) is 0 Å². The number of carbonyl (C=O) groups is 1. The topological polar surface area (TPSA) is 86.0 Å². The van der Waals surface area contributed by atoms with Gasteiger partial charge in [-0.1, -0.05) is 24.3 Å². The third-order valence-corrected chi connectivity index (χ3v) is 4.10. The standard InChI is InChI=1S/C20H15F3O6/c1-11-4-2-3-5-13(11)15-9-18(24)29-16-8-12(6-7-14(15)16)28-17(19(25)26)10-27-20(21,22)23/h2-9,17H,10H2,1H3,(H,25,26). The van der Waals surface area contributed by atoms with E-state index < -0.39 is 30.7 Å². The highest BCUT2D eigenvalue weighted by atomic mass is 19.4. The molecule has 0 bridgehead atoms. The SMILES string of the molecule is Cc1ccccc1-c1cc(=O)oc2cc(OC(COC(F)(F)F)C(=O)O)ccc12. The molecule has 1 atom stereocenters. The Hall–Kier alpha value is -3.33. The van der Waals surface area contributed by atoms with Gasteiger partial charge >= 0.3 is 18.0 Å². The van der Waals surface area contributed by atoms with Crippen LogP contribution in [0.3, 0.4) is 0 Å². The number of carboxylic acid groups (broad SMARTS) is 1. The van der Waals surface area contributed by atoms with Crippen molar-refractivity contribution in [3.8, 4) is 16.9 Å². The maximum absolute atomic E-state index is 12.2. The van der Waals surface area contributed by atoms with Crippen molar-refractivity contribution in [1.29, 1.82) is 0 Å². The van der Waals surface area contributed by atoms with Crippen LogP contribution >= 0.6 is 0 Å². The van der Waals surface area contributed by atoms with E-state index in [1.807, 2.05) is 31.2 Å². The average Bonchev–Trinajstić information content (AvgIpc) is 2.63. The minimum absolute atomic E-state index is 0.0826. The van der Waals surface area contributed by atoms with Crippen molar-refractivity contribution < 1.29 is 37.0 Å². The van der Waals surface area contributed by atoms with Gasteiger partial charge in [-0.3, -0.25) is 4.74 Å². The Balaban J connectivity index is 1.97. The third kappa shape index (κ3) is 4.94. The fourth-order valence-corrected chi connectivity index (χ4v) is 2.80. The predicted molar refractivity (Wildman–Crippen MR) is 96.7 cm³/mol. The van der Waals surface area contributed by atoms with Crippen LogP contribution in [-0.2, 0) is 9.53 Å². The lowest BCUT2D eigenvalue weighted by Crippen LogP contribution is -2.34. The molecule has 9 heteroatoms. The van der Waals surface area contributed by atoms with Crippen molar-refractivity contribution in [2.75, 3.05) is 6.61 Å². The summed E-state index contributed by atoms with van der Waals surface area (Å²) in [5.74, 6) is -1.72. The van der Waals surface area contributed by atoms with Gasteiger partial charge in [-0.25, -0.2) is 9.59 Å². The Morgan fingerprint density at radius 2 is 1.86 bits per heavy atom. The molecule has 3 aromatic rings. The molecule has 1 heterocycles. The lowest BCUT2D eigenvalue weighted by atomic mass is 9.98. The van der Waals surface area contributed by atoms with Crippen molar-refractivity contribution in [3.05, 3.63) is 64.5 Å². The molecule has 0 saturated carbocycles. The van der Waals surface area contributed by atoms with Gasteiger partial charge in [0.1, 0.15) is 17.9 Å². The molecule has 0 aliphatic carbocycles. The number of hydrogen-bond acceptors (Lipinski definition) is 5. The molecule has 0 aliphatic heterocycles. The van der Waals surface area contributed by atoms with Crippen LogP contribution in [0.1, 0.15) is 5.56 Å². The first-order valence-electron chi connectivity index (χ1n) is 8.38. The Labute approximate surface area is 162 Å². The van der Waals surface area contributed by atoms with Crippen LogP contribution in [0.5, 0.6) is 5.75 Å². The molecule has 152 valence electrons. The minimum Gasteiger partial charge on any atom is -0.478 e. The summed E-state index contributed by atoms with van der Waals surface area (Å²) in [7, 11) is 0. The number of ether oxygens (including phenoxy) is 2. The predicted octanol–water partition coefficient (Wildman–Crippen LogP) is 4.14. The van der Waals surface area contributed by atoms with Gasteiger partial charge in [0.25, 0.3) is 0 Å². The number of aliphatic carboxylic acids is 1. The quantitative estimate of drug-likeness (QED) is 0.617. The second-order valence-corrected chi connectivity index (χ2v) is 6.15.